The molecule has 3 heterocycles. The molecule has 0 N–H and O–H groups in total. The standard InChI is InChI=1S/C54H30OS2/c1-2-11-31(12-3-1)51-37-14-4-6-16-39(37)52(40-17-7-5-15-38(40)51)34-21-23-36-44-28-33(22-26-48(44)56-49(36)29-34)35-19-10-13-32-27-45-41-24-25-47-53(42-18-8-9-20-46(42)55-47)54(41)57-50(45)30-43(32)35/h1-30H. The maximum atomic E-state index is 6.26. The first kappa shape index (κ1) is 31.4. The van der Waals surface area contributed by atoms with E-state index >= 15 is 0 Å². The van der Waals surface area contributed by atoms with Crippen LogP contribution >= 0.6 is 22.7 Å². The zero-order valence-corrected chi connectivity index (χ0v) is 32.2. The van der Waals surface area contributed by atoms with Crippen LogP contribution in [-0.2, 0) is 0 Å². The Hall–Kier alpha value is -6.78. The van der Waals surface area contributed by atoms with Crippen LogP contribution in [0.5, 0.6) is 0 Å². The van der Waals surface area contributed by atoms with Crippen molar-refractivity contribution < 1.29 is 4.42 Å². The Bertz CT molecular complexity index is 3750. The zero-order valence-electron chi connectivity index (χ0n) is 30.5. The molecule has 264 valence electrons. The van der Waals surface area contributed by atoms with Crippen LogP contribution in [0.1, 0.15) is 0 Å². The fraction of sp³-hybridized carbons (Fsp3) is 0. The molecule has 0 aliphatic heterocycles. The Morgan fingerprint density at radius 3 is 1.75 bits per heavy atom. The molecular formula is C54H30OS2. The lowest BCUT2D eigenvalue weighted by Gasteiger charge is -2.17. The molecule has 0 spiro atoms. The Morgan fingerprint density at radius 1 is 0.316 bits per heavy atom. The van der Waals surface area contributed by atoms with Crippen molar-refractivity contribution in [3.63, 3.8) is 0 Å². The van der Waals surface area contributed by atoms with Crippen LogP contribution in [0.3, 0.4) is 0 Å². The van der Waals surface area contributed by atoms with Crippen molar-refractivity contribution in [3.8, 4) is 33.4 Å². The molecule has 0 fully saturated rings. The van der Waals surface area contributed by atoms with E-state index < -0.39 is 0 Å². The van der Waals surface area contributed by atoms with E-state index in [2.05, 4.69) is 176 Å². The molecule has 57 heavy (non-hydrogen) atoms. The molecule has 0 saturated heterocycles. The molecule has 0 amide bonds. The molecule has 13 aromatic rings. The zero-order chi connectivity index (χ0) is 37.2. The van der Waals surface area contributed by atoms with Gasteiger partial charge in [0.05, 0.1) is 0 Å². The van der Waals surface area contributed by atoms with Crippen LogP contribution in [-0.4, -0.2) is 0 Å². The number of para-hydroxylation sites is 1. The summed E-state index contributed by atoms with van der Waals surface area (Å²) in [5, 5.41) is 15.3. The topological polar surface area (TPSA) is 13.1 Å². The quantitative estimate of drug-likeness (QED) is 0.164. The summed E-state index contributed by atoms with van der Waals surface area (Å²) in [5.74, 6) is 0. The molecule has 0 aliphatic carbocycles. The Balaban J connectivity index is 0.971. The average molecular weight is 759 g/mol. The lowest BCUT2D eigenvalue weighted by Crippen LogP contribution is -1.90. The predicted octanol–water partition coefficient (Wildman–Crippen LogP) is 16.8. The molecular weight excluding hydrogens is 729 g/mol. The van der Waals surface area contributed by atoms with Gasteiger partial charge in [-0.3, -0.25) is 0 Å². The number of benzene rings is 10. The van der Waals surface area contributed by atoms with Gasteiger partial charge in [0.2, 0.25) is 0 Å². The average Bonchev–Trinajstić information content (AvgIpc) is 3.95. The van der Waals surface area contributed by atoms with Crippen molar-refractivity contribution in [1.82, 2.24) is 0 Å². The van der Waals surface area contributed by atoms with Crippen LogP contribution in [0.4, 0.5) is 0 Å². The van der Waals surface area contributed by atoms with Crippen molar-refractivity contribution >= 4 is 117 Å². The highest BCUT2D eigenvalue weighted by Crippen LogP contribution is 2.47. The minimum absolute atomic E-state index is 0.942. The summed E-state index contributed by atoms with van der Waals surface area (Å²) in [6.07, 6.45) is 0. The molecule has 0 atom stereocenters. The van der Waals surface area contributed by atoms with E-state index in [0.717, 1.165) is 11.2 Å². The van der Waals surface area contributed by atoms with E-state index in [1.54, 1.807) is 0 Å². The van der Waals surface area contributed by atoms with Gasteiger partial charge >= 0.3 is 0 Å². The van der Waals surface area contributed by atoms with Crippen LogP contribution in [0.15, 0.2) is 186 Å². The van der Waals surface area contributed by atoms with E-state index in [9.17, 15) is 0 Å². The second-order valence-electron chi connectivity index (χ2n) is 15.1. The number of hydrogen-bond acceptors (Lipinski definition) is 3. The molecule has 3 aromatic heterocycles. The lowest BCUT2D eigenvalue weighted by atomic mass is 9.86. The largest absolute Gasteiger partial charge is 0.456 e. The number of furan rings is 1. The van der Waals surface area contributed by atoms with Gasteiger partial charge in [-0.25, -0.2) is 0 Å². The molecule has 0 saturated carbocycles. The highest BCUT2D eigenvalue weighted by Gasteiger charge is 2.19. The number of rotatable bonds is 3. The molecule has 0 bridgehead atoms. The summed E-state index contributed by atoms with van der Waals surface area (Å²) in [7, 11) is 0. The number of fused-ring (bicyclic) bond motifs is 13. The molecule has 0 unspecified atom stereocenters. The van der Waals surface area contributed by atoms with Crippen molar-refractivity contribution in [2.75, 3.05) is 0 Å². The van der Waals surface area contributed by atoms with Crippen molar-refractivity contribution in [3.05, 3.63) is 182 Å². The Kier molecular flexibility index (Phi) is 6.54. The first-order valence-corrected chi connectivity index (χ1v) is 21.0. The summed E-state index contributed by atoms with van der Waals surface area (Å²) in [4.78, 5) is 0. The van der Waals surface area contributed by atoms with Gasteiger partial charge in [0.15, 0.2) is 0 Å². The first-order chi connectivity index (χ1) is 28.2. The number of hydrogen-bond donors (Lipinski definition) is 0. The summed E-state index contributed by atoms with van der Waals surface area (Å²) in [6.45, 7) is 0. The fourth-order valence-electron chi connectivity index (χ4n) is 9.52. The molecule has 0 radical (unpaired) electrons. The maximum absolute atomic E-state index is 6.26. The van der Waals surface area contributed by atoms with Crippen LogP contribution in [0, 0.1) is 0 Å². The molecule has 13 rings (SSSR count). The minimum atomic E-state index is 0.942. The van der Waals surface area contributed by atoms with Crippen LogP contribution in [0.25, 0.3) is 128 Å². The van der Waals surface area contributed by atoms with Crippen LogP contribution in [0.2, 0.25) is 0 Å². The third kappa shape index (κ3) is 4.56. The maximum Gasteiger partial charge on any atom is 0.136 e. The molecule has 0 aliphatic rings. The second-order valence-corrected chi connectivity index (χ2v) is 17.3. The Morgan fingerprint density at radius 2 is 0.965 bits per heavy atom. The van der Waals surface area contributed by atoms with Gasteiger partial charge < -0.3 is 4.42 Å². The normalized spacial score (nSPS) is 12.2. The summed E-state index contributed by atoms with van der Waals surface area (Å²) in [6, 6.07) is 67.2. The smallest absolute Gasteiger partial charge is 0.136 e. The van der Waals surface area contributed by atoms with Crippen molar-refractivity contribution in [1.29, 1.82) is 0 Å². The first-order valence-electron chi connectivity index (χ1n) is 19.4. The Labute approximate surface area is 335 Å². The van der Waals surface area contributed by atoms with Crippen molar-refractivity contribution in [2.24, 2.45) is 0 Å². The van der Waals surface area contributed by atoms with Gasteiger partial charge in [-0.15, -0.1) is 22.7 Å². The highest BCUT2D eigenvalue weighted by atomic mass is 32.1. The highest BCUT2D eigenvalue weighted by molar-refractivity contribution is 7.27. The second kappa shape index (κ2) is 11.9. The van der Waals surface area contributed by atoms with Gasteiger partial charge in [-0.2, -0.15) is 0 Å². The minimum Gasteiger partial charge on any atom is -0.456 e. The van der Waals surface area contributed by atoms with E-state index in [-0.39, 0.29) is 0 Å². The number of thiophene rings is 2. The van der Waals surface area contributed by atoms with Gasteiger partial charge in [-0.1, -0.05) is 133 Å². The SMILES string of the molecule is c1ccc(-c2c3ccccc3c(-c3ccc4c(c3)sc3ccc(-c5cccc6cc7c(cc56)sc5c7ccc6oc7ccccc7c65)cc34)c3ccccc23)cc1. The van der Waals surface area contributed by atoms with Crippen LogP contribution < -0.4 is 0 Å². The van der Waals surface area contributed by atoms with E-state index in [1.807, 2.05) is 28.7 Å². The molecule has 1 nitrogen and oxygen atoms in total. The van der Waals surface area contributed by atoms with Crippen molar-refractivity contribution in [2.45, 2.75) is 0 Å². The molecule has 10 aromatic carbocycles. The summed E-state index contributed by atoms with van der Waals surface area (Å²) in [5.41, 5.74) is 9.49. The third-order valence-electron chi connectivity index (χ3n) is 12.0. The lowest BCUT2D eigenvalue weighted by molar-refractivity contribution is 0.669. The van der Waals surface area contributed by atoms with E-state index in [4.69, 9.17) is 4.42 Å². The predicted molar refractivity (Wildman–Crippen MR) is 248 cm³/mol. The van der Waals surface area contributed by atoms with Gasteiger partial charge in [0.1, 0.15) is 11.2 Å². The summed E-state index contributed by atoms with van der Waals surface area (Å²) >= 11 is 3.77. The van der Waals surface area contributed by atoms with E-state index in [1.165, 1.54) is 117 Å². The monoisotopic (exact) mass is 758 g/mol. The summed E-state index contributed by atoms with van der Waals surface area (Å²) < 4.78 is 11.5. The van der Waals surface area contributed by atoms with Gasteiger partial charge in [-0.05, 0) is 114 Å². The van der Waals surface area contributed by atoms with E-state index in [0.29, 0.717) is 0 Å². The van der Waals surface area contributed by atoms with Gasteiger partial charge in [0.25, 0.3) is 0 Å². The fourth-order valence-corrected chi connectivity index (χ4v) is 11.9. The van der Waals surface area contributed by atoms with Gasteiger partial charge in [0, 0.05) is 51.1 Å². The third-order valence-corrected chi connectivity index (χ3v) is 14.4. The molecule has 3 heteroatoms.